The van der Waals surface area contributed by atoms with Gasteiger partial charge < -0.3 is 18.9 Å². The van der Waals surface area contributed by atoms with Crippen LogP contribution >= 0.6 is 7.82 Å². The largest absolute Gasteiger partial charge is 0.472 e. The second-order valence-corrected chi connectivity index (χ2v) is 29.9. The van der Waals surface area contributed by atoms with Crippen LogP contribution in [0.1, 0.15) is 380 Å². The molecule has 2 atom stereocenters. The quantitative estimate of drug-likeness (QED) is 0.0211. The van der Waals surface area contributed by atoms with Gasteiger partial charge in [0.05, 0.1) is 27.7 Å². The van der Waals surface area contributed by atoms with Gasteiger partial charge in [0.15, 0.2) is 6.10 Å². The van der Waals surface area contributed by atoms with E-state index in [-0.39, 0.29) is 32.0 Å². The minimum atomic E-state index is -4.40. The first-order chi connectivity index (χ1) is 46.5. The number of ether oxygens (including phenoxy) is 2. The number of carbonyl (C=O) groups is 2. The van der Waals surface area contributed by atoms with Gasteiger partial charge in [-0.2, -0.15) is 0 Å². The molecule has 0 aromatic rings. The average Bonchev–Trinajstić information content (AvgIpc) is 1.80. The Morgan fingerprint density at radius 3 is 0.895 bits per heavy atom. The van der Waals surface area contributed by atoms with Crippen molar-refractivity contribution in [3.05, 3.63) is 97.2 Å². The summed E-state index contributed by atoms with van der Waals surface area (Å²) in [5.74, 6) is -0.796. The number of hydrogen-bond acceptors (Lipinski definition) is 7. The van der Waals surface area contributed by atoms with Crippen LogP contribution in [0.3, 0.4) is 0 Å². The van der Waals surface area contributed by atoms with Gasteiger partial charge in [-0.1, -0.05) is 387 Å². The minimum Gasteiger partial charge on any atom is -0.462 e. The molecule has 0 fully saturated rings. The number of rotatable bonds is 75. The van der Waals surface area contributed by atoms with Crippen LogP contribution in [0.4, 0.5) is 0 Å². The molecule has 0 spiro atoms. The van der Waals surface area contributed by atoms with E-state index in [4.69, 9.17) is 18.5 Å². The lowest BCUT2D eigenvalue weighted by molar-refractivity contribution is -0.870. The smallest absolute Gasteiger partial charge is 0.462 e. The number of unbranched alkanes of at least 4 members (excludes halogenated alkanes) is 45. The topological polar surface area (TPSA) is 108 Å². The van der Waals surface area contributed by atoms with E-state index in [0.29, 0.717) is 17.4 Å². The summed E-state index contributed by atoms with van der Waals surface area (Å²) in [6, 6.07) is 0. The molecule has 0 aliphatic heterocycles. The van der Waals surface area contributed by atoms with E-state index in [1.54, 1.807) is 0 Å². The first-order valence-electron chi connectivity index (χ1n) is 40.5. The summed E-state index contributed by atoms with van der Waals surface area (Å²) in [5.41, 5.74) is 0. The van der Waals surface area contributed by atoms with Crippen LogP contribution in [0.25, 0.3) is 0 Å². The highest BCUT2D eigenvalue weighted by Gasteiger charge is 2.27. The van der Waals surface area contributed by atoms with Gasteiger partial charge in [-0.15, -0.1) is 0 Å². The highest BCUT2D eigenvalue weighted by molar-refractivity contribution is 7.47. The van der Waals surface area contributed by atoms with Crippen LogP contribution in [0.5, 0.6) is 0 Å². The van der Waals surface area contributed by atoms with E-state index in [0.717, 1.165) is 96.3 Å². The number of allylic oxidation sites excluding steroid dienone is 16. The molecule has 0 amide bonds. The predicted octanol–water partition coefficient (Wildman–Crippen LogP) is 27.0. The maximum atomic E-state index is 12.9. The van der Waals surface area contributed by atoms with Gasteiger partial charge in [0, 0.05) is 12.8 Å². The molecule has 10 heteroatoms. The molecule has 0 aromatic carbocycles. The average molecular weight is 1350 g/mol. The molecule has 0 saturated heterocycles. The fourth-order valence-electron chi connectivity index (χ4n) is 11.7. The van der Waals surface area contributed by atoms with E-state index in [1.165, 1.54) is 250 Å². The molecule has 0 bridgehead atoms. The van der Waals surface area contributed by atoms with Crippen LogP contribution < -0.4 is 0 Å². The number of esters is 2. The fourth-order valence-corrected chi connectivity index (χ4v) is 12.5. The van der Waals surface area contributed by atoms with E-state index in [2.05, 4.69) is 111 Å². The molecule has 95 heavy (non-hydrogen) atoms. The maximum Gasteiger partial charge on any atom is 0.472 e. The van der Waals surface area contributed by atoms with Crippen LogP contribution in [0, 0.1) is 0 Å². The molecule has 0 heterocycles. The molecule has 9 nitrogen and oxygen atoms in total. The third-order valence-corrected chi connectivity index (χ3v) is 18.9. The lowest BCUT2D eigenvalue weighted by Gasteiger charge is -2.24. The Kier molecular flexibility index (Phi) is 72.7. The third kappa shape index (κ3) is 79.8. The predicted molar refractivity (Wildman–Crippen MR) is 413 cm³/mol. The Hall–Kier alpha value is -3.07. The van der Waals surface area contributed by atoms with Gasteiger partial charge in [0.2, 0.25) is 0 Å². The second-order valence-electron chi connectivity index (χ2n) is 28.4. The molecule has 2 unspecified atom stereocenters. The Bertz CT molecular complexity index is 1930. The Labute approximate surface area is 589 Å². The zero-order valence-electron chi connectivity index (χ0n) is 63.1. The summed E-state index contributed by atoms with van der Waals surface area (Å²) in [4.78, 5) is 36.0. The van der Waals surface area contributed by atoms with Crippen molar-refractivity contribution < 1.29 is 42.1 Å². The standard InChI is InChI=1S/C85H154NO8P/c1-6-8-10-12-14-16-18-20-22-24-26-28-30-32-34-36-38-40-41-42-43-44-46-47-49-51-53-55-57-59-61-63-65-67-69-71-73-75-77-84(87)91-81-83(82-93-95(89,90)92-80-79-86(3,4)5)94-85(88)78-76-74-72-70-68-66-64-62-60-58-56-54-52-50-48-45-39-37-35-33-31-29-27-25-23-21-19-17-15-13-11-9-7-2/h9,11,15,17,21,23,27,29,33,35,39,45,50,52,56,58,83H,6-8,10,12-14,16,18-20,22,24-26,28,30-32,34,36-38,40-44,46-49,51,53-55,57,59-82H2,1-5H3/p+1/b11-9-,17-15-,23-21-,29-27-,35-33-,45-39-,52-50-,58-56-. The molecular formula is C85H155NO8P+. The molecule has 0 saturated carbocycles. The summed E-state index contributed by atoms with van der Waals surface area (Å²) in [7, 11) is 1.48. The highest BCUT2D eigenvalue weighted by atomic mass is 31.2. The number of hydrogen-bond donors (Lipinski definition) is 1. The van der Waals surface area contributed by atoms with Crippen molar-refractivity contribution in [2.75, 3.05) is 47.5 Å². The number of likely N-dealkylation sites (N-methyl/N-ethyl adjacent to an activating group) is 1. The number of phosphoric ester groups is 1. The van der Waals surface area contributed by atoms with Crippen LogP contribution in [-0.4, -0.2) is 74.9 Å². The van der Waals surface area contributed by atoms with Crippen molar-refractivity contribution >= 4 is 19.8 Å². The van der Waals surface area contributed by atoms with Crippen molar-refractivity contribution in [1.82, 2.24) is 0 Å². The molecule has 0 radical (unpaired) electrons. The van der Waals surface area contributed by atoms with Crippen LogP contribution in [0.15, 0.2) is 97.2 Å². The zero-order chi connectivity index (χ0) is 69.0. The SMILES string of the molecule is CC/C=C\C/C=C\C/C=C\C/C=C\C/C=C\C/C=C\C/C=C\C/C=C\CCCCCCCCCCC(=O)OC(COC(=O)CCCCCCCCCCCCCCCCCCCCCCCCCCCCCCCCCCCCCCCC)COP(=O)(O)OCC[N+](C)(C)C. The molecule has 0 aromatic heterocycles. The monoisotopic (exact) mass is 1350 g/mol. The van der Waals surface area contributed by atoms with Gasteiger partial charge in [0.1, 0.15) is 19.8 Å². The Balaban J connectivity index is 3.97. The molecule has 0 rings (SSSR count). The fraction of sp³-hybridized carbons (Fsp3) is 0.788. The van der Waals surface area contributed by atoms with E-state index < -0.39 is 26.5 Å². The van der Waals surface area contributed by atoms with Crippen LogP contribution in [-0.2, 0) is 32.7 Å². The zero-order valence-corrected chi connectivity index (χ0v) is 64.0. The molecule has 1 N–H and O–H groups in total. The van der Waals surface area contributed by atoms with Crippen molar-refractivity contribution in [2.45, 2.75) is 386 Å². The van der Waals surface area contributed by atoms with Gasteiger partial charge in [-0.25, -0.2) is 4.57 Å². The first-order valence-corrected chi connectivity index (χ1v) is 42.0. The summed E-state index contributed by atoms with van der Waals surface area (Å²) in [6.07, 6.45) is 106. The lowest BCUT2D eigenvalue weighted by atomic mass is 10.0. The molecular weight excluding hydrogens is 1190 g/mol. The maximum absolute atomic E-state index is 12.9. The highest BCUT2D eigenvalue weighted by Crippen LogP contribution is 2.43. The van der Waals surface area contributed by atoms with E-state index >= 15 is 0 Å². The van der Waals surface area contributed by atoms with Crippen LogP contribution in [0.2, 0.25) is 0 Å². The number of phosphoric acid groups is 1. The molecule has 552 valence electrons. The Morgan fingerprint density at radius 2 is 0.600 bits per heavy atom. The minimum absolute atomic E-state index is 0.0274. The summed E-state index contributed by atoms with van der Waals surface area (Å²) in [5, 5.41) is 0. The van der Waals surface area contributed by atoms with Gasteiger partial charge >= 0.3 is 19.8 Å². The molecule has 0 aliphatic rings. The molecule has 0 aliphatic carbocycles. The number of nitrogens with zero attached hydrogens (tertiary/aromatic N) is 1. The number of quaternary nitrogens is 1. The normalized spacial score (nSPS) is 13.5. The van der Waals surface area contributed by atoms with E-state index in [1.807, 2.05) is 21.1 Å². The number of carbonyl (C=O) groups excluding carboxylic acids is 2. The summed E-state index contributed by atoms with van der Waals surface area (Å²) < 4.78 is 34.8. The first kappa shape index (κ1) is 91.9. The summed E-state index contributed by atoms with van der Waals surface area (Å²) >= 11 is 0. The van der Waals surface area contributed by atoms with E-state index in [9.17, 15) is 19.0 Å². The van der Waals surface area contributed by atoms with Gasteiger partial charge in [0.25, 0.3) is 0 Å². The lowest BCUT2D eigenvalue weighted by Crippen LogP contribution is -2.37. The van der Waals surface area contributed by atoms with Crippen molar-refractivity contribution in [3.63, 3.8) is 0 Å². The summed E-state index contributed by atoms with van der Waals surface area (Å²) in [6.45, 7) is 4.36. The van der Waals surface area contributed by atoms with Gasteiger partial charge in [-0.3, -0.25) is 18.6 Å². The van der Waals surface area contributed by atoms with Crippen molar-refractivity contribution in [3.8, 4) is 0 Å². The van der Waals surface area contributed by atoms with Gasteiger partial charge in [-0.05, 0) is 77.0 Å². The third-order valence-electron chi connectivity index (χ3n) is 17.9. The Morgan fingerprint density at radius 1 is 0.337 bits per heavy atom. The second kappa shape index (κ2) is 75.1. The van der Waals surface area contributed by atoms with Crippen molar-refractivity contribution in [2.24, 2.45) is 0 Å². The van der Waals surface area contributed by atoms with Crippen molar-refractivity contribution in [1.29, 1.82) is 0 Å².